The predicted octanol–water partition coefficient (Wildman–Crippen LogP) is 3.43. The van der Waals surface area contributed by atoms with E-state index in [2.05, 4.69) is 37.3 Å². The van der Waals surface area contributed by atoms with Gasteiger partial charge in [0.25, 0.3) is 0 Å². The molecular weight excluding hydrogens is 354 g/mol. The van der Waals surface area contributed by atoms with Gasteiger partial charge in [0.2, 0.25) is 5.95 Å². The summed E-state index contributed by atoms with van der Waals surface area (Å²) in [7, 11) is 0. The third-order valence-electron chi connectivity index (χ3n) is 5.37. The Bertz CT molecular complexity index is 1090. The predicted molar refractivity (Wildman–Crippen MR) is 107 cm³/mol. The average Bonchev–Trinajstić information content (AvgIpc) is 3.35. The van der Waals surface area contributed by atoms with Gasteiger partial charge in [-0.05, 0) is 44.7 Å². The number of hydrogen-bond donors (Lipinski definition) is 2. The van der Waals surface area contributed by atoms with Crippen molar-refractivity contribution in [3.8, 4) is 11.3 Å². The van der Waals surface area contributed by atoms with Crippen molar-refractivity contribution in [2.45, 2.75) is 44.8 Å². The van der Waals surface area contributed by atoms with Crippen LogP contribution in [-0.2, 0) is 4.74 Å². The van der Waals surface area contributed by atoms with E-state index in [0.29, 0.717) is 18.1 Å². The van der Waals surface area contributed by atoms with Crippen molar-refractivity contribution in [2.24, 2.45) is 0 Å². The molecule has 8 nitrogen and oxygen atoms in total. The first-order valence-electron chi connectivity index (χ1n) is 9.83. The molecule has 0 aromatic carbocycles. The van der Waals surface area contributed by atoms with Crippen LogP contribution in [-0.4, -0.2) is 48.3 Å². The van der Waals surface area contributed by atoms with Gasteiger partial charge < -0.3 is 15.0 Å². The number of hydrogen-bond acceptors (Lipinski definition) is 6. The standard InChI is InChI=1S/C20H23N7O/c1-2-28-14-5-3-13(4-6-14)24-20-23-12-16-15(11-22-19(16)25-20)17-7-8-18-21-9-10-27(18)26-17/h7-14H,2-6H2,1H3,(H2,22,23,24,25)/t13-,14+. The number of nitrogens with one attached hydrogen (secondary N) is 2. The van der Waals surface area contributed by atoms with Gasteiger partial charge >= 0.3 is 0 Å². The normalized spacial score (nSPS) is 20.0. The number of fused-ring (bicyclic) bond motifs is 2. The lowest BCUT2D eigenvalue weighted by molar-refractivity contribution is 0.0346. The lowest BCUT2D eigenvalue weighted by atomic mass is 9.93. The summed E-state index contributed by atoms with van der Waals surface area (Å²) in [4.78, 5) is 16.7. The maximum absolute atomic E-state index is 5.73. The van der Waals surface area contributed by atoms with Crippen molar-refractivity contribution < 1.29 is 4.74 Å². The van der Waals surface area contributed by atoms with E-state index in [1.165, 1.54) is 0 Å². The highest BCUT2D eigenvalue weighted by molar-refractivity contribution is 5.92. The van der Waals surface area contributed by atoms with E-state index in [9.17, 15) is 0 Å². The van der Waals surface area contributed by atoms with Crippen molar-refractivity contribution in [2.75, 3.05) is 11.9 Å². The quantitative estimate of drug-likeness (QED) is 0.553. The van der Waals surface area contributed by atoms with Gasteiger partial charge in [-0.3, -0.25) is 0 Å². The summed E-state index contributed by atoms with van der Waals surface area (Å²) in [6, 6.07) is 4.32. The van der Waals surface area contributed by atoms with Gasteiger partial charge in [-0.1, -0.05) is 0 Å². The molecule has 1 aliphatic rings. The first-order chi connectivity index (χ1) is 13.8. The molecular formula is C20H23N7O. The minimum atomic E-state index is 0.397. The van der Waals surface area contributed by atoms with Gasteiger partial charge in [-0.15, -0.1) is 0 Å². The van der Waals surface area contributed by atoms with E-state index in [1.807, 2.05) is 30.7 Å². The van der Waals surface area contributed by atoms with Crippen LogP contribution in [0.4, 0.5) is 5.95 Å². The molecule has 0 atom stereocenters. The van der Waals surface area contributed by atoms with Crippen LogP contribution in [0.15, 0.2) is 36.9 Å². The van der Waals surface area contributed by atoms with Gasteiger partial charge in [0.1, 0.15) is 5.65 Å². The second-order valence-electron chi connectivity index (χ2n) is 7.18. The van der Waals surface area contributed by atoms with Crippen molar-refractivity contribution in [3.05, 3.63) is 36.9 Å². The number of H-pyrrole nitrogens is 1. The molecule has 0 saturated heterocycles. The van der Waals surface area contributed by atoms with Gasteiger partial charge in [0.15, 0.2) is 5.65 Å². The van der Waals surface area contributed by atoms with Crippen molar-refractivity contribution in [1.29, 1.82) is 0 Å². The smallest absolute Gasteiger partial charge is 0.224 e. The van der Waals surface area contributed by atoms with Gasteiger partial charge in [-0.25, -0.2) is 14.5 Å². The molecule has 1 aliphatic carbocycles. The molecule has 4 aromatic rings. The Hall–Kier alpha value is -3.00. The molecule has 4 aromatic heterocycles. The first-order valence-corrected chi connectivity index (χ1v) is 9.83. The second kappa shape index (κ2) is 7.20. The van der Waals surface area contributed by atoms with E-state index in [0.717, 1.165) is 60.2 Å². The maximum Gasteiger partial charge on any atom is 0.224 e. The first kappa shape index (κ1) is 17.1. The number of imidazole rings is 1. The monoisotopic (exact) mass is 377 g/mol. The Morgan fingerprint density at radius 1 is 1.21 bits per heavy atom. The topological polar surface area (TPSA) is 93.0 Å². The molecule has 1 saturated carbocycles. The van der Waals surface area contributed by atoms with E-state index in [4.69, 9.17) is 4.74 Å². The fraction of sp³-hybridized carbons (Fsp3) is 0.400. The largest absolute Gasteiger partial charge is 0.379 e. The molecule has 0 bridgehead atoms. The van der Waals surface area contributed by atoms with Crippen LogP contribution in [0, 0.1) is 0 Å². The number of nitrogens with zero attached hydrogens (tertiary/aromatic N) is 5. The van der Waals surface area contributed by atoms with Crippen LogP contribution in [0.2, 0.25) is 0 Å². The molecule has 4 heterocycles. The summed E-state index contributed by atoms with van der Waals surface area (Å²) in [5.74, 6) is 0.666. The molecule has 2 N–H and O–H groups in total. The summed E-state index contributed by atoms with van der Waals surface area (Å²) in [6.07, 6.45) is 12.1. The lowest BCUT2D eigenvalue weighted by Crippen LogP contribution is -2.30. The minimum absolute atomic E-state index is 0.397. The molecule has 1 fully saturated rings. The van der Waals surface area contributed by atoms with Gasteiger partial charge in [-0.2, -0.15) is 10.1 Å². The molecule has 0 radical (unpaired) electrons. The van der Waals surface area contributed by atoms with Crippen LogP contribution in [0.3, 0.4) is 0 Å². The average molecular weight is 377 g/mol. The Labute approximate surface area is 162 Å². The van der Waals surface area contributed by atoms with E-state index >= 15 is 0 Å². The molecule has 8 heteroatoms. The third-order valence-corrected chi connectivity index (χ3v) is 5.37. The van der Waals surface area contributed by atoms with Crippen molar-refractivity contribution in [1.82, 2.24) is 29.5 Å². The lowest BCUT2D eigenvalue weighted by Gasteiger charge is -2.28. The van der Waals surface area contributed by atoms with Crippen LogP contribution < -0.4 is 5.32 Å². The fourth-order valence-electron chi connectivity index (χ4n) is 3.94. The van der Waals surface area contributed by atoms with Crippen LogP contribution in [0.1, 0.15) is 32.6 Å². The molecule has 144 valence electrons. The molecule has 0 aliphatic heterocycles. The van der Waals surface area contributed by atoms with Crippen molar-refractivity contribution >= 4 is 22.6 Å². The molecule has 5 rings (SSSR count). The summed E-state index contributed by atoms with van der Waals surface area (Å²) in [6.45, 7) is 2.85. The van der Waals surface area contributed by atoms with E-state index in [1.54, 1.807) is 10.7 Å². The Kier molecular flexibility index (Phi) is 4.40. The minimum Gasteiger partial charge on any atom is -0.379 e. The van der Waals surface area contributed by atoms with Crippen LogP contribution in [0.5, 0.6) is 0 Å². The highest BCUT2D eigenvalue weighted by Crippen LogP contribution is 2.27. The fourth-order valence-corrected chi connectivity index (χ4v) is 3.94. The van der Waals surface area contributed by atoms with E-state index < -0.39 is 0 Å². The Morgan fingerprint density at radius 2 is 2.11 bits per heavy atom. The van der Waals surface area contributed by atoms with E-state index in [-0.39, 0.29) is 0 Å². The number of ether oxygens (including phenoxy) is 1. The zero-order valence-corrected chi connectivity index (χ0v) is 15.8. The summed E-state index contributed by atoms with van der Waals surface area (Å²) in [5.41, 5.74) is 3.47. The van der Waals surface area contributed by atoms with Crippen LogP contribution >= 0.6 is 0 Å². The van der Waals surface area contributed by atoms with Gasteiger partial charge in [0, 0.05) is 48.4 Å². The number of rotatable bonds is 5. The highest BCUT2D eigenvalue weighted by atomic mass is 16.5. The number of aromatic nitrogens is 6. The maximum atomic E-state index is 5.73. The summed E-state index contributed by atoms with van der Waals surface area (Å²) in [5, 5.41) is 9.05. The SMILES string of the molecule is CCO[C@H]1CC[C@@H](Nc2ncc3c(-c4ccc5nccn5n4)c[nH]c3n2)CC1. The molecule has 0 amide bonds. The highest BCUT2D eigenvalue weighted by Gasteiger charge is 2.22. The second-order valence-corrected chi connectivity index (χ2v) is 7.18. The van der Waals surface area contributed by atoms with Crippen LogP contribution in [0.25, 0.3) is 27.9 Å². The summed E-state index contributed by atoms with van der Waals surface area (Å²) < 4.78 is 7.50. The zero-order chi connectivity index (χ0) is 18.9. The molecule has 0 spiro atoms. The number of anilines is 1. The third kappa shape index (κ3) is 3.20. The number of aromatic amines is 1. The Balaban J connectivity index is 1.35. The molecule has 0 unspecified atom stereocenters. The summed E-state index contributed by atoms with van der Waals surface area (Å²) >= 11 is 0. The van der Waals surface area contributed by atoms with Gasteiger partial charge in [0.05, 0.1) is 11.8 Å². The Morgan fingerprint density at radius 3 is 2.96 bits per heavy atom. The van der Waals surface area contributed by atoms with Crippen molar-refractivity contribution in [3.63, 3.8) is 0 Å². The molecule has 28 heavy (non-hydrogen) atoms. The zero-order valence-electron chi connectivity index (χ0n) is 15.8.